The predicted octanol–water partition coefficient (Wildman–Crippen LogP) is 5.53. The molecule has 2 rings (SSSR count). The van der Waals surface area contributed by atoms with Crippen LogP contribution in [0.25, 0.3) is 0 Å². The number of hydrogen-bond acceptors (Lipinski definition) is 1. The van der Waals surface area contributed by atoms with E-state index in [1.165, 1.54) is 11.1 Å². The Labute approximate surface area is 137 Å². The van der Waals surface area contributed by atoms with Crippen molar-refractivity contribution < 1.29 is 4.74 Å². The van der Waals surface area contributed by atoms with E-state index in [-0.39, 0.29) is 6.10 Å². The molecule has 0 aliphatic heterocycles. The van der Waals surface area contributed by atoms with Crippen LogP contribution in [-0.2, 0) is 11.2 Å². The molecule has 3 heteroatoms. The fourth-order valence-corrected chi connectivity index (χ4v) is 3.06. The average Bonchev–Trinajstić information content (AvgIpc) is 2.48. The molecule has 0 spiro atoms. The van der Waals surface area contributed by atoms with Crippen molar-refractivity contribution in [2.24, 2.45) is 0 Å². The smallest absolute Gasteiger partial charge is 0.0922 e. The van der Waals surface area contributed by atoms with Crippen LogP contribution >= 0.6 is 31.9 Å². The summed E-state index contributed by atoms with van der Waals surface area (Å²) in [6.07, 6.45) is 2.22. The number of alkyl halides is 1. The first kappa shape index (κ1) is 15.7. The van der Waals surface area contributed by atoms with Gasteiger partial charge in [0.25, 0.3) is 0 Å². The zero-order chi connectivity index (χ0) is 14.2. The first-order valence-corrected chi connectivity index (χ1v) is 8.68. The molecule has 106 valence electrons. The molecular formula is C17H18Br2O. The molecule has 0 bridgehead atoms. The Balaban J connectivity index is 1.80. The van der Waals surface area contributed by atoms with E-state index in [2.05, 4.69) is 68.3 Å². The maximum atomic E-state index is 5.99. The molecule has 0 aliphatic rings. The molecule has 0 radical (unpaired) electrons. The maximum absolute atomic E-state index is 5.99. The zero-order valence-electron chi connectivity index (χ0n) is 11.3. The number of halogens is 2. The number of aryl methyl sites for hydroxylation is 1. The summed E-state index contributed by atoms with van der Waals surface area (Å²) in [5, 5.41) is 0.814. The van der Waals surface area contributed by atoms with Crippen molar-refractivity contribution in [1.29, 1.82) is 0 Å². The van der Waals surface area contributed by atoms with E-state index in [1.54, 1.807) is 0 Å². The second-order valence-electron chi connectivity index (χ2n) is 4.66. The summed E-state index contributed by atoms with van der Waals surface area (Å²) in [7, 11) is 0. The summed E-state index contributed by atoms with van der Waals surface area (Å²) < 4.78 is 7.08. The SMILES string of the molecule is BrCC(OCCCc1ccccc1)c1cccc(Br)c1. The van der Waals surface area contributed by atoms with Crippen LogP contribution in [0.1, 0.15) is 23.7 Å². The third-order valence-corrected chi connectivity index (χ3v) is 4.21. The third-order valence-electron chi connectivity index (χ3n) is 3.13. The van der Waals surface area contributed by atoms with E-state index in [9.17, 15) is 0 Å². The molecule has 0 heterocycles. The van der Waals surface area contributed by atoms with Gasteiger partial charge in [-0.2, -0.15) is 0 Å². The molecule has 1 atom stereocenters. The van der Waals surface area contributed by atoms with Gasteiger partial charge in [-0.25, -0.2) is 0 Å². The van der Waals surface area contributed by atoms with Crippen molar-refractivity contribution in [3.05, 3.63) is 70.2 Å². The van der Waals surface area contributed by atoms with Crippen LogP contribution in [-0.4, -0.2) is 11.9 Å². The molecule has 2 aromatic rings. The molecule has 0 amide bonds. The van der Waals surface area contributed by atoms with Crippen molar-refractivity contribution in [3.63, 3.8) is 0 Å². The Morgan fingerprint density at radius 2 is 1.80 bits per heavy atom. The number of ether oxygens (including phenoxy) is 1. The Kier molecular flexibility index (Phi) is 6.77. The predicted molar refractivity (Wildman–Crippen MR) is 91.4 cm³/mol. The van der Waals surface area contributed by atoms with Crippen LogP contribution in [0.4, 0.5) is 0 Å². The number of hydrogen-bond donors (Lipinski definition) is 0. The van der Waals surface area contributed by atoms with Gasteiger partial charge >= 0.3 is 0 Å². The van der Waals surface area contributed by atoms with Crippen LogP contribution < -0.4 is 0 Å². The van der Waals surface area contributed by atoms with Crippen LogP contribution in [0.3, 0.4) is 0 Å². The monoisotopic (exact) mass is 396 g/mol. The first-order chi connectivity index (χ1) is 9.79. The minimum atomic E-state index is 0.114. The normalized spacial score (nSPS) is 12.3. The average molecular weight is 398 g/mol. The molecule has 1 nitrogen and oxygen atoms in total. The Morgan fingerprint density at radius 1 is 1.00 bits per heavy atom. The quantitative estimate of drug-likeness (QED) is 0.440. The highest BCUT2D eigenvalue weighted by molar-refractivity contribution is 9.10. The van der Waals surface area contributed by atoms with E-state index >= 15 is 0 Å². The van der Waals surface area contributed by atoms with Crippen molar-refractivity contribution in [1.82, 2.24) is 0 Å². The van der Waals surface area contributed by atoms with Crippen LogP contribution in [0.15, 0.2) is 59.1 Å². The van der Waals surface area contributed by atoms with Gasteiger partial charge in [0.1, 0.15) is 0 Å². The summed E-state index contributed by atoms with van der Waals surface area (Å²) >= 11 is 7.04. The van der Waals surface area contributed by atoms with Gasteiger partial charge in [-0.3, -0.25) is 0 Å². The second-order valence-corrected chi connectivity index (χ2v) is 6.22. The lowest BCUT2D eigenvalue weighted by Gasteiger charge is -2.16. The highest BCUT2D eigenvalue weighted by Gasteiger charge is 2.10. The van der Waals surface area contributed by atoms with E-state index in [0.717, 1.165) is 29.3 Å². The van der Waals surface area contributed by atoms with Gasteiger partial charge in [0.05, 0.1) is 6.10 Å². The summed E-state index contributed by atoms with van der Waals surface area (Å²) in [5.74, 6) is 0. The van der Waals surface area contributed by atoms with Gasteiger partial charge in [0.2, 0.25) is 0 Å². The third kappa shape index (κ3) is 5.04. The zero-order valence-corrected chi connectivity index (χ0v) is 14.4. The van der Waals surface area contributed by atoms with Crippen LogP contribution in [0, 0.1) is 0 Å². The molecule has 1 unspecified atom stereocenters. The topological polar surface area (TPSA) is 9.23 Å². The molecule has 0 saturated heterocycles. The Morgan fingerprint density at radius 3 is 2.50 bits per heavy atom. The fourth-order valence-electron chi connectivity index (χ4n) is 2.08. The summed E-state index contributed by atoms with van der Waals surface area (Å²) in [6, 6.07) is 18.8. The van der Waals surface area contributed by atoms with Gasteiger partial charge in [-0.1, -0.05) is 74.3 Å². The Bertz CT molecular complexity index is 513. The molecule has 20 heavy (non-hydrogen) atoms. The van der Waals surface area contributed by atoms with Gasteiger partial charge in [0.15, 0.2) is 0 Å². The molecule has 0 saturated carbocycles. The van der Waals surface area contributed by atoms with Gasteiger partial charge in [-0.05, 0) is 36.1 Å². The van der Waals surface area contributed by atoms with Crippen molar-refractivity contribution in [3.8, 4) is 0 Å². The maximum Gasteiger partial charge on any atom is 0.0922 e. The van der Waals surface area contributed by atoms with Crippen LogP contribution in [0.2, 0.25) is 0 Å². The van der Waals surface area contributed by atoms with E-state index < -0.39 is 0 Å². The number of benzene rings is 2. The highest BCUT2D eigenvalue weighted by atomic mass is 79.9. The van der Waals surface area contributed by atoms with Crippen LogP contribution in [0.5, 0.6) is 0 Å². The minimum absolute atomic E-state index is 0.114. The molecule has 2 aromatic carbocycles. The number of rotatable bonds is 7. The molecule has 0 aliphatic carbocycles. The van der Waals surface area contributed by atoms with Crippen molar-refractivity contribution >= 4 is 31.9 Å². The molecule has 0 fully saturated rings. The van der Waals surface area contributed by atoms with E-state index in [1.807, 2.05) is 18.2 Å². The molecule has 0 aromatic heterocycles. The lowest BCUT2D eigenvalue weighted by Crippen LogP contribution is -2.07. The molecular weight excluding hydrogens is 380 g/mol. The lowest BCUT2D eigenvalue weighted by atomic mass is 10.1. The summed E-state index contributed by atoms with van der Waals surface area (Å²) in [4.78, 5) is 0. The van der Waals surface area contributed by atoms with Gasteiger partial charge < -0.3 is 4.74 Å². The van der Waals surface area contributed by atoms with Gasteiger partial charge in [-0.15, -0.1) is 0 Å². The highest BCUT2D eigenvalue weighted by Crippen LogP contribution is 2.23. The van der Waals surface area contributed by atoms with E-state index in [4.69, 9.17) is 4.74 Å². The second kappa shape index (κ2) is 8.60. The standard InChI is InChI=1S/C17H18Br2O/c18-13-17(15-9-4-10-16(19)12-15)20-11-5-8-14-6-2-1-3-7-14/h1-4,6-7,9-10,12,17H,5,8,11,13H2. The van der Waals surface area contributed by atoms with E-state index in [0.29, 0.717) is 0 Å². The van der Waals surface area contributed by atoms with Crippen molar-refractivity contribution in [2.75, 3.05) is 11.9 Å². The molecule has 0 N–H and O–H groups in total. The Hall–Kier alpha value is -0.640. The largest absolute Gasteiger partial charge is 0.373 e. The van der Waals surface area contributed by atoms with Gasteiger partial charge in [0, 0.05) is 16.4 Å². The fraction of sp³-hybridized carbons (Fsp3) is 0.294. The summed E-state index contributed by atoms with van der Waals surface area (Å²) in [5.41, 5.74) is 2.57. The first-order valence-electron chi connectivity index (χ1n) is 6.76. The lowest BCUT2D eigenvalue weighted by molar-refractivity contribution is 0.0682. The summed E-state index contributed by atoms with van der Waals surface area (Å²) in [6.45, 7) is 0.775. The minimum Gasteiger partial charge on any atom is -0.373 e. The van der Waals surface area contributed by atoms with Crippen molar-refractivity contribution in [2.45, 2.75) is 18.9 Å².